The SMILES string of the molecule is CCn1nccc1[C@@H]1OCCC[C@H]1CNCc1nc(C2CC2)n[nH]1. The molecule has 0 amide bonds. The van der Waals surface area contributed by atoms with Crippen molar-refractivity contribution in [2.45, 2.75) is 57.7 Å². The van der Waals surface area contributed by atoms with E-state index in [0.717, 1.165) is 44.3 Å². The van der Waals surface area contributed by atoms with Crippen molar-refractivity contribution in [3.63, 3.8) is 0 Å². The summed E-state index contributed by atoms with van der Waals surface area (Å²) in [5.41, 5.74) is 1.19. The summed E-state index contributed by atoms with van der Waals surface area (Å²) in [5.74, 6) is 2.98. The molecule has 7 nitrogen and oxygen atoms in total. The minimum Gasteiger partial charge on any atom is -0.372 e. The molecule has 2 fully saturated rings. The zero-order chi connectivity index (χ0) is 16.4. The van der Waals surface area contributed by atoms with Gasteiger partial charge in [0.1, 0.15) is 11.9 Å². The summed E-state index contributed by atoms with van der Waals surface area (Å²) in [6.45, 7) is 5.48. The molecular formula is C17H26N6O. The van der Waals surface area contributed by atoms with Gasteiger partial charge in [0.15, 0.2) is 5.82 Å². The molecule has 2 aliphatic rings. The fourth-order valence-corrected chi connectivity index (χ4v) is 3.52. The highest BCUT2D eigenvalue weighted by molar-refractivity contribution is 5.08. The van der Waals surface area contributed by atoms with Crippen molar-refractivity contribution in [1.82, 2.24) is 30.3 Å². The molecule has 3 heterocycles. The van der Waals surface area contributed by atoms with Crippen molar-refractivity contribution in [3.8, 4) is 0 Å². The largest absolute Gasteiger partial charge is 0.372 e. The third kappa shape index (κ3) is 3.37. The summed E-state index contributed by atoms with van der Waals surface area (Å²) in [6.07, 6.45) is 6.77. The van der Waals surface area contributed by atoms with Crippen molar-refractivity contribution in [2.75, 3.05) is 13.2 Å². The maximum atomic E-state index is 6.09. The van der Waals surface area contributed by atoms with E-state index in [1.54, 1.807) is 0 Å². The molecule has 2 aromatic heterocycles. The number of aromatic nitrogens is 5. The topological polar surface area (TPSA) is 80.7 Å². The highest BCUT2D eigenvalue weighted by atomic mass is 16.5. The zero-order valence-corrected chi connectivity index (χ0v) is 14.2. The second kappa shape index (κ2) is 7.03. The van der Waals surface area contributed by atoms with Crippen molar-refractivity contribution in [1.29, 1.82) is 0 Å². The second-order valence-electron chi connectivity index (χ2n) is 6.81. The van der Waals surface area contributed by atoms with Crippen LogP contribution < -0.4 is 5.32 Å². The van der Waals surface area contributed by atoms with Crippen LogP contribution in [0.5, 0.6) is 0 Å². The van der Waals surface area contributed by atoms with Gasteiger partial charge in [-0.05, 0) is 38.7 Å². The monoisotopic (exact) mass is 330 g/mol. The first kappa shape index (κ1) is 15.8. The van der Waals surface area contributed by atoms with Crippen LogP contribution in [0.2, 0.25) is 0 Å². The lowest BCUT2D eigenvalue weighted by Gasteiger charge is -2.32. The number of H-pyrrole nitrogens is 1. The van der Waals surface area contributed by atoms with E-state index in [1.807, 2.05) is 10.9 Å². The van der Waals surface area contributed by atoms with Crippen molar-refractivity contribution < 1.29 is 4.74 Å². The highest BCUT2D eigenvalue weighted by Crippen LogP contribution is 2.37. The Bertz CT molecular complexity index is 662. The maximum absolute atomic E-state index is 6.09. The van der Waals surface area contributed by atoms with Crippen molar-refractivity contribution in [3.05, 3.63) is 29.6 Å². The molecule has 2 atom stereocenters. The van der Waals surface area contributed by atoms with E-state index in [-0.39, 0.29) is 6.10 Å². The van der Waals surface area contributed by atoms with Crippen LogP contribution in [0.25, 0.3) is 0 Å². The first-order valence-corrected chi connectivity index (χ1v) is 9.10. The van der Waals surface area contributed by atoms with Crippen LogP contribution in [-0.4, -0.2) is 38.1 Å². The number of aryl methyl sites for hydroxylation is 1. The van der Waals surface area contributed by atoms with Gasteiger partial charge in [-0.25, -0.2) is 4.98 Å². The smallest absolute Gasteiger partial charge is 0.153 e. The molecule has 0 spiro atoms. The van der Waals surface area contributed by atoms with Gasteiger partial charge in [-0.2, -0.15) is 10.2 Å². The van der Waals surface area contributed by atoms with Crippen LogP contribution in [0.3, 0.4) is 0 Å². The number of nitrogens with one attached hydrogen (secondary N) is 2. The summed E-state index contributed by atoms with van der Waals surface area (Å²) >= 11 is 0. The predicted octanol–water partition coefficient (Wildman–Crippen LogP) is 2.16. The second-order valence-corrected chi connectivity index (χ2v) is 6.81. The fraction of sp³-hybridized carbons (Fsp3) is 0.706. The summed E-state index contributed by atoms with van der Waals surface area (Å²) < 4.78 is 8.13. The Hall–Kier alpha value is -1.73. The third-order valence-electron chi connectivity index (χ3n) is 4.98. The number of hydrogen-bond acceptors (Lipinski definition) is 5. The van der Waals surface area contributed by atoms with E-state index in [0.29, 0.717) is 11.8 Å². The van der Waals surface area contributed by atoms with E-state index in [1.165, 1.54) is 25.0 Å². The van der Waals surface area contributed by atoms with Gasteiger partial charge >= 0.3 is 0 Å². The summed E-state index contributed by atoms with van der Waals surface area (Å²) in [4.78, 5) is 4.58. The Kier molecular flexibility index (Phi) is 4.62. The molecule has 1 saturated heterocycles. The van der Waals surface area contributed by atoms with Gasteiger partial charge in [0.2, 0.25) is 0 Å². The number of aromatic amines is 1. The van der Waals surface area contributed by atoms with Crippen LogP contribution in [-0.2, 0) is 17.8 Å². The predicted molar refractivity (Wildman–Crippen MR) is 89.4 cm³/mol. The van der Waals surface area contributed by atoms with E-state index < -0.39 is 0 Å². The van der Waals surface area contributed by atoms with Crippen LogP contribution in [0.15, 0.2) is 12.3 Å². The lowest BCUT2D eigenvalue weighted by atomic mass is 9.92. The van der Waals surface area contributed by atoms with Gasteiger partial charge < -0.3 is 10.1 Å². The molecule has 4 rings (SSSR count). The molecule has 0 aromatic carbocycles. The minimum absolute atomic E-state index is 0.130. The molecule has 24 heavy (non-hydrogen) atoms. The van der Waals surface area contributed by atoms with Crippen LogP contribution in [0.1, 0.15) is 62.0 Å². The number of nitrogens with zero attached hydrogens (tertiary/aromatic N) is 4. The van der Waals surface area contributed by atoms with Gasteiger partial charge in [-0.15, -0.1) is 0 Å². The molecule has 2 N–H and O–H groups in total. The molecule has 0 unspecified atom stereocenters. The van der Waals surface area contributed by atoms with Crippen molar-refractivity contribution >= 4 is 0 Å². The lowest BCUT2D eigenvalue weighted by molar-refractivity contribution is -0.0328. The lowest BCUT2D eigenvalue weighted by Crippen LogP contribution is -2.33. The molecule has 1 aliphatic carbocycles. The van der Waals surface area contributed by atoms with Gasteiger partial charge in [0.05, 0.1) is 12.2 Å². The average Bonchev–Trinajstić information content (AvgIpc) is 3.17. The van der Waals surface area contributed by atoms with Gasteiger partial charge in [0.25, 0.3) is 0 Å². The zero-order valence-electron chi connectivity index (χ0n) is 14.2. The van der Waals surface area contributed by atoms with E-state index in [2.05, 4.69) is 38.6 Å². The molecule has 1 aliphatic heterocycles. The van der Waals surface area contributed by atoms with Crippen molar-refractivity contribution in [2.24, 2.45) is 5.92 Å². The standard InChI is InChI=1S/C17H26N6O/c1-2-23-14(7-8-19-23)16-13(4-3-9-24-16)10-18-11-15-20-17(22-21-15)12-5-6-12/h7-8,12-13,16,18H,2-6,9-11H2,1H3,(H,20,21,22)/t13-,16+/m0/s1. The van der Waals surface area contributed by atoms with Crippen LogP contribution >= 0.6 is 0 Å². The Balaban J connectivity index is 1.34. The molecule has 130 valence electrons. The quantitative estimate of drug-likeness (QED) is 0.813. The molecule has 0 bridgehead atoms. The van der Waals surface area contributed by atoms with E-state index in [4.69, 9.17) is 4.74 Å². The summed E-state index contributed by atoms with van der Waals surface area (Å²) in [5, 5.41) is 15.3. The van der Waals surface area contributed by atoms with Crippen LogP contribution in [0, 0.1) is 5.92 Å². The van der Waals surface area contributed by atoms with Gasteiger partial charge in [-0.1, -0.05) is 0 Å². The molecule has 2 aromatic rings. The van der Waals surface area contributed by atoms with Gasteiger partial charge in [0, 0.05) is 37.7 Å². The van der Waals surface area contributed by atoms with E-state index in [9.17, 15) is 0 Å². The number of ether oxygens (including phenoxy) is 1. The normalized spacial score (nSPS) is 24.4. The molecule has 7 heteroatoms. The van der Waals surface area contributed by atoms with Gasteiger partial charge in [-0.3, -0.25) is 9.78 Å². The maximum Gasteiger partial charge on any atom is 0.153 e. The fourth-order valence-electron chi connectivity index (χ4n) is 3.52. The molecule has 1 saturated carbocycles. The molecular weight excluding hydrogens is 304 g/mol. The summed E-state index contributed by atoms with van der Waals surface area (Å²) in [6, 6.07) is 2.09. The minimum atomic E-state index is 0.130. The molecule has 0 radical (unpaired) electrons. The summed E-state index contributed by atoms with van der Waals surface area (Å²) in [7, 11) is 0. The van der Waals surface area contributed by atoms with Crippen LogP contribution in [0.4, 0.5) is 0 Å². The highest BCUT2D eigenvalue weighted by Gasteiger charge is 2.30. The first-order chi connectivity index (χ1) is 11.8. The number of hydrogen-bond donors (Lipinski definition) is 2. The Morgan fingerprint density at radius 3 is 3.12 bits per heavy atom. The Morgan fingerprint density at radius 2 is 2.29 bits per heavy atom. The van der Waals surface area contributed by atoms with E-state index >= 15 is 0 Å². The first-order valence-electron chi connectivity index (χ1n) is 9.10. The average molecular weight is 330 g/mol. The third-order valence-corrected chi connectivity index (χ3v) is 4.98. The Labute approximate surface area is 142 Å². The number of rotatable bonds is 7. The Morgan fingerprint density at radius 1 is 1.38 bits per heavy atom.